The largest absolute Gasteiger partial charge is 0.490 e. The van der Waals surface area contributed by atoms with E-state index < -0.39 is 5.97 Å². The summed E-state index contributed by atoms with van der Waals surface area (Å²) in [4.78, 5) is 25.8. The molecule has 0 aliphatic rings. The van der Waals surface area contributed by atoms with Crippen LogP contribution in [0.15, 0.2) is 29.3 Å². The molecule has 6 nitrogen and oxygen atoms in total. The van der Waals surface area contributed by atoms with E-state index in [0.717, 1.165) is 10.0 Å². The van der Waals surface area contributed by atoms with Gasteiger partial charge in [0.05, 0.1) is 26.2 Å². The van der Waals surface area contributed by atoms with Crippen molar-refractivity contribution in [3.63, 3.8) is 0 Å². The van der Waals surface area contributed by atoms with Crippen LogP contribution in [-0.2, 0) is 20.7 Å². The molecule has 0 bridgehead atoms. The molecule has 0 aliphatic heterocycles. The average molecular weight is 428 g/mol. The molecule has 0 N–H and O–H groups in total. The summed E-state index contributed by atoms with van der Waals surface area (Å²) in [6.45, 7) is 10.6. The Labute approximate surface area is 163 Å². The summed E-state index contributed by atoms with van der Waals surface area (Å²) in [5.41, 5.74) is 0.750. The molecule has 0 aromatic heterocycles. The van der Waals surface area contributed by atoms with Gasteiger partial charge in [-0.25, -0.2) is 0 Å². The van der Waals surface area contributed by atoms with Crippen LogP contribution in [0.3, 0.4) is 0 Å². The zero-order valence-electron chi connectivity index (χ0n) is 15.5. The van der Waals surface area contributed by atoms with Crippen LogP contribution in [0.4, 0.5) is 0 Å². The first kappa shape index (κ1) is 22.0. The van der Waals surface area contributed by atoms with E-state index in [0.29, 0.717) is 24.7 Å². The molecule has 0 aliphatic carbocycles. The van der Waals surface area contributed by atoms with Crippen LogP contribution in [0.25, 0.3) is 0 Å². The molecule has 0 fully saturated rings. The van der Waals surface area contributed by atoms with Gasteiger partial charge in [0.25, 0.3) is 0 Å². The standard InChI is InChI=1S/C19H26BrNO5/c1-5-9-21(13-19(23)26-8-4)18(22)11-14-10-16(24-6-2)17(25-7-3)12-15(14)20/h5,10,12H,1,6-9,11,13H2,2-4H3. The maximum Gasteiger partial charge on any atom is 0.325 e. The average Bonchev–Trinajstić information content (AvgIpc) is 2.59. The molecular weight excluding hydrogens is 402 g/mol. The summed E-state index contributed by atoms with van der Waals surface area (Å²) in [5.74, 6) is 0.557. The third-order valence-electron chi connectivity index (χ3n) is 3.38. The maximum atomic E-state index is 12.7. The first-order valence-corrected chi connectivity index (χ1v) is 9.38. The van der Waals surface area contributed by atoms with Gasteiger partial charge in [-0.05, 0) is 38.5 Å². The highest BCUT2D eigenvalue weighted by Crippen LogP contribution is 2.34. The molecule has 1 amide bonds. The molecular formula is C19H26BrNO5. The van der Waals surface area contributed by atoms with E-state index in [2.05, 4.69) is 22.5 Å². The van der Waals surface area contributed by atoms with Crippen molar-refractivity contribution < 1.29 is 23.8 Å². The fourth-order valence-electron chi connectivity index (χ4n) is 2.30. The van der Waals surface area contributed by atoms with E-state index in [1.807, 2.05) is 13.8 Å². The minimum Gasteiger partial charge on any atom is -0.490 e. The zero-order chi connectivity index (χ0) is 19.5. The van der Waals surface area contributed by atoms with Gasteiger partial charge in [0.2, 0.25) is 5.91 Å². The highest BCUT2D eigenvalue weighted by molar-refractivity contribution is 9.10. The van der Waals surface area contributed by atoms with Gasteiger partial charge in [-0.2, -0.15) is 0 Å². The lowest BCUT2D eigenvalue weighted by Gasteiger charge is -2.21. The Morgan fingerprint density at radius 3 is 2.27 bits per heavy atom. The van der Waals surface area contributed by atoms with Crippen LogP contribution in [0.2, 0.25) is 0 Å². The number of amides is 1. The second-order valence-corrected chi connectivity index (χ2v) is 6.16. The molecule has 26 heavy (non-hydrogen) atoms. The third kappa shape index (κ3) is 6.71. The van der Waals surface area contributed by atoms with Gasteiger partial charge in [0.15, 0.2) is 11.5 Å². The number of nitrogens with zero attached hydrogens (tertiary/aromatic N) is 1. The monoisotopic (exact) mass is 427 g/mol. The fraction of sp³-hybridized carbons (Fsp3) is 0.474. The Balaban J connectivity index is 2.99. The number of carbonyl (C=O) groups excluding carboxylic acids is 2. The zero-order valence-corrected chi connectivity index (χ0v) is 17.1. The predicted molar refractivity (Wildman–Crippen MR) is 104 cm³/mol. The Bertz CT molecular complexity index is 633. The lowest BCUT2D eigenvalue weighted by Crippen LogP contribution is -2.37. The minimum absolute atomic E-state index is 0.105. The molecule has 0 heterocycles. The normalized spacial score (nSPS) is 10.2. The quantitative estimate of drug-likeness (QED) is 0.400. The second-order valence-electron chi connectivity index (χ2n) is 5.30. The summed E-state index contributed by atoms with van der Waals surface area (Å²) in [5, 5.41) is 0. The maximum absolute atomic E-state index is 12.7. The van der Waals surface area contributed by atoms with Crippen LogP contribution in [0.1, 0.15) is 26.3 Å². The number of carbonyl (C=O) groups is 2. The number of benzene rings is 1. The lowest BCUT2D eigenvalue weighted by atomic mass is 10.1. The third-order valence-corrected chi connectivity index (χ3v) is 4.12. The fourth-order valence-corrected chi connectivity index (χ4v) is 2.76. The molecule has 0 saturated heterocycles. The first-order chi connectivity index (χ1) is 12.5. The summed E-state index contributed by atoms with van der Waals surface area (Å²) >= 11 is 3.48. The number of ether oxygens (including phenoxy) is 3. The predicted octanol–water partition coefficient (Wildman–Crippen LogP) is 3.37. The van der Waals surface area contributed by atoms with Gasteiger partial charge >= 0.3 is 5.97 Å². The van der Waals surface area contributed by atoms with E-state index >= 15 is 0 Å². The molecule has 1 aromatic carbocycles. The van der Waals surface area contributed by atoms with E-state index in [9.17, 15) is 9.59 Å². The van der Waals surface area contributed by atoms with Crippen molar-refractivity contribution in [1.29, 1.82) is 0 Å². The van der Waals surface area contributed by atoms with Crippen LogP contribution >= 0.6 is 15.9 Å². The van der Waals surface area contributed by atoms with Gasteiger partial charge < -0.3 is 19.1 Å². The van der Waals surface area contributed by atoms with Crippen LogP contribution < -0.4 is 9.47 Å². The summed E-state index contributed by atoms with van der Waals surface area (Å²) in [7, 11) is 0. The molecule has 0 atom stereocenters. The Morgan fingerprint density at radius 1 is 1.12 bits per heavy atom. The molecule has 1 aromatic rings. The summed E-state index contributed by atoms with van der Waals surface area (Å²) < 4.78 is 16.8. The highest BCUT2D eigenvalue weighted by Gasteiger charge is 2.20. The second kappa shape index (κ2) is 11.6. The van der Waals surface area contributed by atoms with Crippen molar-refractivity contribution in [2.24, 2.45) is 0 Å². The van der Waals surface area contributed by atoms with Crippen molar-refractivity contribution in [2.45, 2.75) is 27.2 Å². The van der Waals surface area contributed by atoms with Gasteiger partial charge in [0.1, 0.15) is 6.54 Å². The Kier molecular flexibility index (Phi) is 9.80. The number of hydrogen-bond donors (Lipinski definition) is 0. The van der Waals surface area contributed by atoms with Crippen molar-refractivity contribution in [1.82, 2.24) is 4.90 Å². The molecule has 0 unspecified atom stereocenters. The van der Waals surface area contributed by atoms with Crippen molar-refractivity contribution >= 4 is 27.8 Å². The van der Waals surface area contributed by atoms with Crippen molar-refractivity contribution in [2.75, 3.05) is 32.9 Å². The van der Waals surface area contributed by atoms with E-state index in [1.54, 1.807) is 25.1 Å². The minimum atomic E-state index is -0.441. The highest BCUT2D eigenvalue weighted by atomic mass is 79.9. The Morgan fingerprint density at radius 2 is 1.73 bits per heavy atom. The van der Waals surface area contributed by atoms with E-state index in [-0.39, 0.29) is 32.0 Å². The van der Waals surface area contributed by atoms with Crippen LogP contribution in [-0.4, -0.2) is 49.7 Å². The molecule has 7 heteroatoms. The van der Waals surface area contributed by atoms with Gasteiger partial charge in [-0.1, -0.05) is 22.0 Å². The SMILES string of the molecule is C=CCN(CC(=O)OCC)C(=O)Cc1cc(OCC)c(OCC)cc1Br. The summed E-state index contributed by atoms with van der Waals surface area (Å²) in [6.07, 6.45) is 1.69. The summed E-state index contributed by atoms with van der Waals surface area (Å²) in [6, 6.07) is 3.58. The van der Waals surface area contributed by atoms with Crippen LogP contribution in [0, 0.1) is 0 Å². The van der Waals surface area contributed by atoms with Gasteiger partial charge in [-0.15, -0.1) is 6.58 Å². The lowest BCUT2D eigenvalue weighted by molar-refractivity contribution is -0.148. The number of rotatable bonds is 11. The number of hydrogen-bond acceptors (Lipinski definition) is 5. The molecule has 0 radical (unpaired) electrons. The van der Waals surface area contributed by atoms with Crippen LogP contribution in [0.5, 0.6) is 11.5 Å². The molecule has 1 rings (SSSR count). The van der Waals surface area contributed by atoms with Gasteiger partial charge in [0, 0.05) is 11.0 Å². The van der Waals surface area contributed by atoms with E-state index in [1.165, 1.54) is 4.90 Å². The van der Waals surface area contributed by atoms with Gasteiger partial charge in [-0.3, -0.25) is 9.59 Å². The molecule has 0 spiro atoms. The molecule has 144 valence electrons. The smallest absolute Gasteiger partial charge is 0.325 e. The topological polar surface area (TPSA) is 65.1 Å². The van der Waals surface area contributed by atoms with E-state index in [4.69, 9.17) is 14.2 Å². The van der Waals surface area contributed by atoms with Crippen molar-refractivity contribution in [3.8, 4) is 11.5 Å². The number of esters is 1. The molecule has 0 saturated carbocycles. The Hall–Kier alpha value is -2.02. The van der Waals surface area contributed by atoms with Crippen molar-refractivity contribution in [3.05, 3.63) is 34.8 Å². The number of halogens is 1. The first-order valence-electron chi connectivity index (χ1n) is 8.58.